The van der Waals surface area contributed by atoms with Gasteiger partial charge in [0.2, 0.25) is 0 Å². The number of unbranched alkanes of at least 4 members (excludes halogenated alkanes) is 2. The van der Waals surface area contributed by atoms with Crippen LogP contribution in [0.5, 0.6) is 0 Å². The first-order valence-corrected chi connectivity index (χ1v) is 4.79. The Balaban J connectivity index is 2.04. The Morgan fingerprint density at radius 3 is 3.27 bits per heavy atom. The number of thiazole rings is 1. The molecule has 0 amide bonds. The highest BCUT2D eigenvalue weighted by Crippen LogP contribution is 2.11. The van der Waals surface area contributed by atoms with E-state index in [1.807, 2.05) is 5.38 Å². The van der Waals surface area contributed by atoms with Crippen LogP contribution in [-0.4, -0.2) is 4.98 Å². The molecule has 3 heteroatoms. The molecule has 0 fully saturated rings. The highest BCUT2D eigenvalue weighted by molar-refractivity contribution is 7.13. The van der Waals surface area contributed by atoms with Gasteiger partial charge in [-0.15, -0.1) is 11.3 Å². The van der Waals surface area contributed by atoms with E-state index >= 15 is 0 Å². The van der Waals surface area contributed by atoms with E-state index in [-0.39, 0.29) is 0 Å². The Morgan fingerprint density at radius 1 is 1.73 bits per heavy atom. The minimum Gasteiger partial charge on any atom is -0.357 e. The summed E-state index contributed by atoms with van der Waals surface area (Å²) in [6.45, 7) is 4.26. The van der Waals surface area contributed by atoms with Crippen LogP contribution in [0.2, 0.25) is 0 Å². The monoisotopic (exact) mass is 169 g/mol. The van der Waals surface area contributed by atoms with E-state index in [1.54, 1.807) is 17.5 Å². The molecular weight excluding hydrogens is 156 g/mol. The molecule has 1 rings (SSSR count). The molecule has 0 unspecified atom stereocenters. The van der Waals surface area contributed by atoms with Gasteiger partial charge in [-0.25, -0.2) is 4.98 Å². The summed E-state index contributed by atoms with van der Waals surface area (Å²) < 4.78 is 0. The topological polar surface area (TPSA) is 24.9 Å². The molecule has 1 aromatic heterocycles. The number of aromatic nitrogens is 1. The summed E-state index contributed by atoms with van der Waals surface area (Å²) in [4.78, 5) is 4.09. The highest BCUT2D eigenvalue weighted by Gasteiger charge is 1.91. The van der Waals surface area contributed by atoms with Crippen LogP contribution in [0.15, 0.2) is 11.6 Å². The molecule has 61 valence electrons. The van der Waals surface area contributed by atoms with Crippen molar-refractivity contribution in [2.24, 2.45) is 0 Å². The lowest BCUT2D eigenvalue weighted by atomic mass is 10.2. The SMILES string of the molecule is CCCC[CH]Nc1nccs1. The first-order chi connectivity index (χ1) is 5.43. The van der Waals surface area contributed by atoms with Crippen molar-refractivity contribution in [1.82, 2.24) is 4.98 Å². The fourth-order valence-corrected chi connectivity index (χ4v) is 1.28. The van der Waals surface area contributed by atoms with E-state index in [9.17, 15) is 0 Å². The van der Waals surface area contributed by atoms with Crippen molar-refractivity contribution in [3.05, 3.63) is 18.1 Å². The van der Waals surface area contributed by atoms with Gasteiger partial charge in [-0.3, -0.25) is 0 Å². The van der Waals surface area contributed by atoms with Gasteiger partial charge in [-0.2, -0.15) is 0 Å². The molecule has 0 bridgehead atoms. The lowest BCUT2D eigenvalue weighted by Crippen LogP contribution is -1.92. The van der Waals surface area contributed by atoms with Crippen LogP contribution in [0.25, 0.3) is 0 Å². The van der Waals surface area contributed by atoms with Crippen LogP contribution in [0.4, 0.5) is 5.13 Å². The fourth-order valence-electron chi connectivity index (χ4n) is 0.760. The van der Waals surface area contributed by atoms with Crippen molar-refractivity contribution in [1.29, 1.82) is 0 Å². The quantitative estimate of drug-likeness (QED) is 0.685. The maximum absolute atomic E-state index is 4.09. The Morgan fingerprint density at radius 2 is 2.64 bits per heavy atom. The predicted octanol–water partition coefficient (Wildman–Crippen LogP) is 2.91. The minimum absolute atomic E-state index is 0.987. The zero-order valence-electron chi connectivity index (χ0n) is 6.71. The van der Waals surface area contributed by atoms with Gasteiger partial charge in [0.25, 0.3) is 0 Å². The van der Waals surface area contributed by atoms with Gasteiger partial charge < -0.3 is 5.32 Å². The number of rotatable bonds is 5. The van der Waals surface area contributed by atoms with Crippen molar-refractivity contribution in [3.8, 4) is 0 Å². The average molecular weight is 169 g/mol. The third-order valence-electron chi connectivity index (χ3n) is 1.36. The smallest absolute Gasteiger partial charge is 0.182 e. The Hall–Kier alpha value is -0.570. The summed E-state index contributed by atoms with van der Waals surface area (Å²) in [5, 5.41) is 6.10. The van der Waals surface area contributed by atoms with Gasteiger partial charge in [-0.05, 0) is 6.42 Å². The molecule has 0 aromatic carbocycles. The molecule has 2 nitrogen and oxygen atoms in total. The van der Waals surface area contributed by atoms with Gasteiger partial charge >= 0.3 is 0 Å². The number of hydrogen-bond donors (Lipinski definition) is 1. The number of anilines is 1. The second-order valence-electron chi connectivity index (χ2n) is 2.33. The Kier molecular flexibility index (Phi) is 3.98. The van der Waals surface area contributed by atoms with Gasteiger partial charge in [0, 0.05) is 18.1 Å². The molecular formula is C8H13N2S. The molecule has 1 N–H and O–H groups in total. The average Bonchev–Trinajstić information content (AvgIpc) is 2.50. The van der Waals surface area contributed by atoms with Gasteiger partial charge in [0.15, 0.2) is 5.13 Å². The van der Waals surface area contributed by atoms with Crippen molar-refractivity contribution >= 4 is 16.5 Å². The number of nitrogens with zero attached hydrogens (tertiary/aromatic N) is 1. The molecule has 1 aromatic rings. The largest absolute Gasteiger partial charge is 0.357 e. The third kappa shape index (κ3) is 3.37. The van der Waals surface area contributed by atoms with E-state index in [1.165, 1.54) is 12.8 Å². The normalized spacial score (nSPS) is 9.91. The molecule has 0 aliphatic heterocycles. The Labute approximate surface area is 71.7 Å². The van der Waals surface area contributed by atoms with Crippen LogP contribution >= 0.6 is 11.3 Å². The van der Waals surface area contributed by atoms with Gasteiger partial charge in [0.1, 0.15) is 0 Å². The van der Waals surface area contributed by atoms with Crippen LogP contribution < -0.4 is 5.32 Å². The molecule has 0 aliphatic rings. The van der Waals surface area contributed by atoms with Crippen LogP contribution in [0.3, 0.4) is 0 Å². The summed E-state index contributed by atoms with van der Waals surface area (Å²) in [6, 6.07) is 0. The van der Waals surface area contributed by atoms with Crippen LogP contribution in [0.1, 0.15) is 26.2 Å². The van der Waals surface area contributed by atoms with Crippen LogP contribution in [-0.2, 0) is 0 Å². The van der Waals surface area contributed by atoms with Crippen molar-refractivity contribution in [2.45, 2.75) is 26.2 Å². The lowest BCUT2D eigenvalue weighted by Gasteiger charge is -1.98. The molecule has 1 radical (unpaired) electrons. The zero-order chi connectivity index (χ0) is 7.94. The molecule has 1 heterocycles. The third-order valence-corrected chi connectivity index (χ3v) is 2.06. The standard InChI is InChI=1S/C8H13N2S/c1-2-3-4-5-9-8-10-6-7-11-8/h5-7H,2-4H2,1H3,(H,9,10). The molecule has 0 saturated carbocycles. The van der Waals surface area contributed by atoms with E-state index < -0.39 is 0 Å². The lowest BCUT2D eigenvalue weighted by molar-refractivity contribution is 0.786. The summed E-state index contributed by atoms with van der Waals surface area (Å²) in [5.41, 5.74) is 0. The second-order valence-corrected chi connectivity index (χ2v) is 3.22. The number of nitrogens with one attached hydrogen (secondary N) is 1. The summed E-state index contributed by atoms with van der Waals surface area (Å²) in [7, 11) is 0. The molecule has 0 atom stereocenters. The first-order valence-electron chi connectivity index (χ1n) is 3.91. The van der Waals surface area contributed by atoms with Gasteiger partial charge in [0.05, 0.1) is 0 Å². The van der Waals surface area contributed by atoms with E-state index in [0.717, 1.165) is 11.6 Å². The van der Waals surface area contributed by atoms with Gasteiger partial charge in [-0.1, -0.05) is 19.8 Å². The fraction of sp³-hybridized carbons (Fsp3) is 0.500. The first kappa shape index (κ1) is 8.53. The summed E-state index contributed by atoms with van der Waals surface area (Å²) in [6.07, 6.45) is 5.42. The van der Waals surface area contributed by atoms with Crippen molar-refractivity contribution in [3.63, 3.8) is 0 Å². The minimum atomic E-state index is 0.987. The number of hydrogen-bond acceptors (Lipinski definition) is 3. The maximum atomic E-state index is 4.09. The van der Waals surface area contributed by atoms with Crippen molar-refractivity contribution in [2.75, 3.05) is 5.32 Å². The predicted molar refractivity (Wildman–Crippen MR) is 49.6 cm³/mol. The molecule has 0 spiro atoms. The van der Waals surface area contributed by atoms with Crippen LogP contribution in [0, 0.1) is 6.54 Å². The second kappa shape index (κ2) is 5.13. The van der Waals surface area contributed by atoms with E-state index in [2.05, 4.69) is 23.8 Å². The Bertz CT molecular complexity index is 172. The maximum Gasteiger partial charge on any atom is 0.182 e. The van der Waals surface area contributed by atoms with Crippen molar-refractivity contribution < 1.29 is 0 Å². The van der Waals surface area contributed by atoms with E-state index in [0.29, 0.717) is 0 Å². The zero-order valence-corrected chi connectivity index (χ0v) is 7.53. The molecule has 11 heavy (non-hydrogen) atoms. The molecule has 0 aliphatic carbocycles. The molecule has 0 saturated heterocycles. The highest BCUT2D eigenvalue weighted by atomic mass is 32.1. The van der Waals surface area contributed by atoms with E-state index in [4.69, 9.17) is 0 Å². The summed E-state index contributed by atoms with van der Waals surface area (Å²) >= 11 is 1.63. The summed E-state index contributed by atoms with van der Waals surface area (Å²) in [5.74, 6) is 0.